The van der Waals surface area contributed by atoms with Gasteiger partial charge in [-0.15, -0.1) is 0 Å². The summed E-state index contributed by atoms with van der Waals surface area (Å²) in [6.07, 6.45) is 1.57. The van der Waals surface area contributed by atoms with Gasteiger partial charge in [-0.2, -0.15) is 0 Å². The monoisotopic (exact) mass is 246 g/mol. The SMILES string of the molecule is NC(=O)c1ccc(Cn2ccccc2=O)c(F)c1. The number of hydrogen-bond donors (Lipinski definition) is 1. The first kappa shape index (κ1) is 12.0. The average Bonchev–Trinajstić information content (AvgIpc) is 2.34. The molecule has 18 heavy (non-hydrogen) atoms. The molecule has 2 rings (SSSR count). The van der Waals surface area contributed by atoms with E-state index in [1.165, 1.54) is 22.8 Å². The molecule has 0 aliphatic rings. The van der Waals surface area contributed by atoms with Crippen LogP contribution in [-0.4, -0.2) is 10.5 Å². The van der Waals surface area contributed by atoms with Crippen molar-refractivity contribution in [3.63, 3.8) is 0 Å². The van der Waals surface area contributed by atoms with Crippen LogP contribution in [0.15, 0.2) is 47.4 Å². The predicted octanol–water partition coefficient (Wildman–Crippen LogP) is 1.13. The molecule has 1 aromatic carbocycles. The molecule has 0 bridgehead atoms. The van der Waals surface area contributed by atoms with Crippen LogP contribution in [0, 0.1) is 5.82 Å². The van der Waals surface area contributed by atoms with Crippen LogP contribution in [0.25, 0.3) is 0 Å². The van der Waals surface area contributed by atoms with E-state index in [4.69, 9.17) is 5.73 Å². The summed E-state index contributed by atoms with van der Waals surface area (Å²) in [7, 11) is 0. The molecule has 2 aromatic rings. The number of carbonyl (C=O) groups is 1. The zero-order valence-electron chi connectivity index (χ0n) is 9.47. The first-order valence-electron chi connectivity index (χ1n) is 5.31. The third-order valence-corrected chi connectivity index (χ3v) is 2.58. The van der Waals surface area contributed by atoms with E-state index in [0.717, 1.165) is 6.07 Å². The summed E-state index contributed by atoms with van der Waals surface area (Å²) >= 11 is 0. The van der Waals surface area contributed by atoms with Gasteiger partial charge in [0.2, 0.25) is 5.91 Å². The van der Waals surface area contributed by atoms with Crippen LogP contribution in [0.3, 0.4) is 0 Å². The van der Waals surface area contributed by atoms with Gasteiger partial charge in [0.1, 0.15) is 5.82 Å². The Bertz CT molecular complexity index is 649. The molecule has 2 N–H and O–H groups in total. The van der Waals surface area contributed by atoms with E-state index in [-0.39, 0.29) is 17.7 Å². The Morgan fingerprint density at radius 3 is 2.67 bits per heavy atom. The number of primary amides is 1. The van der Waals surface area contributed by atoms with Crippen LogP contribution >= 0.6 is 0 Å². The molecule has 1 heterocycles. The minimum atomic E-state index is -0.683. The third-order valence-electron chi connectivity index (χ3n) is 2.58. The van der Waals surface area contributed by atoms with Gasteiger partial charge in [0.15, 0.2) is 0 Å². The van der Waals surface area contributed by atoms with Gasteiger partial charge >= 0.3 is 0 Å². The molecule has 0 unspecified atom stereocenters. The van der Waals surface area contributed by atoms with E-state index in [0.29, 0.717) is 5.56 Å². The van der Waals surface area contributed by atoms with E-state index >= 15 is 0 Å². The zero-order valence-corrected chi connectivity index (χ0v) is 9.47. The van der Waals surface area contributed by atoms with Crippen molar-refractivity contribution in [1.82, 2.24) is 4.57 Å². The molecule has 0 fully saturated rings. The van der Waals surface area contributed by atoms with Crippen LogP contribution in [-0.2, 0) is 6.54 Å². The van der Waals surface area contributed by atoms with Crippen LogP contribution in [0.5, 0.6) is 0 Å². The topological polar surface area (TPSA) is 65.1 Å². The maximum Gasteiger partial charge on any atom is 0.250 e. The number of aromatic nitrogens is 1. The highest BCUT2D eigenvalue weighted by atomic mass is 19.1. The van der Waals surface area contributed by atoms with Crippen molar-refractivity contribution in [3.05, 3.63) is 69.9 Å². The lowest BCUT2D eigenvalue weighted by Crippen LogP contribution is -2.19. The highest BCUT2D eigenvalue weighted by Gasteiger charge is 2.07. The maximum atomic E-state index is 13.7. The fourth-order valence-electron chi connectivity index (χ4n) is 1.60. The van der Waals surface area contributed by atoms with Crippen LogP contribution in [0.2, 0.25) is 0 Å². The van der Waals surface area contributed by atoms with Gasteiger partial charge in [0.05, 0.1) is 6.54 Å². The molecule has 0 spiro atoms. The number of rotatable bonds is 3. The Labute approximate surface area is 102 Å². The largest absolute Gasteiger partial charge is 0.366 e. The molecule has 92 valence electrons. The summed E-state index contributed by atoms with van der Waals surface area (Å²) in [4.78, 5) is 22.4. The van der Waals surface area contributed by atoms with E-state index in [1.54, 1.807) is 18.3 Å². The van der Waals surface area contributed by atoms with E-state index in [1.807, 2.05) is 0 Å². The maximum absolute atomic E-state index is 13.7. The molecule has 0 aliphatic heterocycles. The molecule has 0 saturated carbocycles. The highest BCUT2D eigenvalue weighted by molar-refractivity contribution is 5.92. The van der Waals surface area contributed by atoms with E-state index in [2.05, 4.69) is 0 Å². The number of pyridine rings is 1. The Balaban J connectivity index is 2.33. The fraction of sp³-hybridized carbons (Fsp3) is 0.0769. The molecule has 4 nitrogen and oxygen atoms in total. The molecule has 0 saturated heterocycles. The van der Waals surface area contributed by atoms with Gasteiger partial charge in [-0.1, -0.05) is 12.1 Å². The molecule has 1 amide bonds. The van der Waals surface area contributed by atoms with Crippen LogP contribution in [0.4, 0.5) is 4.39 Å². The van der Waals surface area contributed by atoms with Crippen LogP contribution < -0.4 is 11.3 Å². The van der Waals surface area contributed by atoms with Crippen LogP contribution in [0.1, 0.15) is 15.9 Å². The van der Waals surface area contributed by atoms with Gasteiger partial charge in [0.25, 0.3) is 5.56 Å². The number of hydrogen-bond acceptors (Lipinski definition) is 2. The lowest BCUT2D eigenvalue weighted by Gasteiger charge is -2.07. The van der Waals surface area contributed by atoms with Gasteiger partial charge in [0, 0.05) is 23.4 Å². The Morgan fingerprint density at radius 2 is 2.06 bits per heavy atom. The first-order chi connectivity index (χ1) is 8.58. The number of benzene rings is 1. The third kappa shape index (κ3) is 2.45. The smallest absolute Gasteiger partial charge is 0.250 e. The second kappa shape index (κ2) is 4.83. The Kier molecular flexibility index (Phi) is 3.23. The summed E-state index contributed by atoms with van der Waals surface area (Å²) in [6, 6.07) is 8.67. The standard InChI is InChI=1S/C13H11FN2O2/c14-11-7-9(13(15)18)4-5-10(11)8-16-6-2-1-3-12(16)17/h1-7H,8H2,(H2,15,18). The second-order valence-electron chi connectivity index (χ2n) is 3.84. The van der Waals surface area contributed by atoms with Crippen molar-refractivity contribution >= 4 is 5.91 Å². The normalized spacial score (nSPS) is 10.3. The molecular formula is C13H11FN2O2. The molecule has 0 radical (unpaired) electrons. The second-order valence-corrected chi connectivity index (χ2v) is 3.84. The number of nitrogens with zero attached hydrogens (tertiary/aromatic N) is 1. The number of amides is 1. The van der Waals surface area contributed by atoms with E-state index in [9.17, 15) is 14.0 Å². The van der Waals surface area contributed by atoms with E-state index < -0.39 is 11.7 Å². The lowest BCUT2D eigenvalue weighted by molar-refractivity contribution is 0.1000. The fourth-order valence-corrected chi connectivity index (χ4v) is 1.60. The summed E-state index contributed by atoms with van der Waals surface area (Å²) in [5.74, 6) is -1.24. The summed E-state index contributed by atoms with van der Waals surface area (Å²) in [5, 5.41) is 0. The van der Waals surface area contributed by atoms with Crippen molar-refractivity contribution in [2.24, 2.45) is 5.73 Å². The van der Waals surface area contributed by atoms with Gasteiger partial charge in [-0.3, -0.25) is 9.59 Å². The lowest BCUT2D eigenvalue weighted by atomic mass is 10.1. The van der Waals surface area contributed by atoms with Crippen molar-refractivity contribution < 1.29 is 9.18 Å². The van der Waals surface area contributed by atoms with Gasteiger partial charge < -0.3 is 10.3 Å². The number of nitrogens with two attached hydrogens (primary N) is 1. The van der Waals surface area contributed by atoms with Crippen molar-refractivity contribution in [1.29, 1.82) is 0 Å². The van der Waals surface area contributed by atoms with Gasteiger partial charge in [-0.25, -0.2) is 4.39 Å². The summed E-state index contributed by atoms with van der Waals surface area (Å²) in [5.41, 5.74) is 5.27. The molecule has 5 heteroatoms. The quantitative estimate of drug-likeness (QED) is 0.882. The first-order valence-corrected chi connectivity index (χ1v) is 5.31. The van der Waals surface area contributed by atoms with Crippen molar-refractivity contribution in [2.45, 2.75) is 6.54 Å². The van der Waals surface area contributed by atoms with Gasteiger partial charge in [-0.05, 0) is 18.2 Å². The zero-order chi connectivity index (χ0) is 13.1. The highest BCUT2D eigenvalue weighted by Crippen LogP contribution is 2.11. The predicted molar refractivity (Wildman–Crippen MR) is 64.7 cm³/mol. The van der Waals surface area contributed by atoms with Crippen molar-refractivity contribution in [2.75, 3.05) is 0 Å². The Morgan fingerprint density at radius 1 is 1.28 bits per heavy atom. The summed E-state index contributed by atoms with van der Waals surface area (Å²) in [6.45, 7) is 0.116. The average molecular weight is 246 g/mol. The molecule has 0 aliphatic carbocycles. The Hall–Kier alpha value is -2.43. The minimum absolute atomic E-state index is 0.108. The molecule has 0 atom stereocenters. The number of carbonyl (C=O) groups excluding carboxylic acids is 1. The molecular weight excluding hydrogens is 235 g/mol. The number of halogens is 1. The molecule has 1 aromatic heterocycles. The minimum Gasteiger partial charge on any atom is -0.366 e. The summed E-state index contributed by atoms with van der Waals surface area (Å²) < 4.78 is 15.1. The van der Waals surface area contributed by atoms with Crippen molar-refractivity contribution in [3.8, 4) is 0 Å².